The van der Waals surface area contributed by atoms with E-state index in [2.05, 4.69) is 6.92 Å². The summed E-state index contributed by atoms with van der Waals surface area (Å²) in [6.45, 7) is 3.49. The third-order valence-electron chi connectivity index (χ3n) is 3.30. The topological polar surface area (TPSA) is 55.6 Å². The Labute approximate surface area is 118 Å². The standard InChI is InChI=1S/C12H18N2O2S.ClH/c1-8-5-9(6-13)7-14(8)12(15)11-10(16-2)3-4-17-11;/h3-4,8-9H,5-7,13H2,1-2H3;1H. The first-order valence-electron chi connectivity index (χ1n) is 5.79. The van der Waals surface area contributed by atoms with E-state index in [4.69, 9.17) is 10.5 Å². The molecule has 2 rings (SSSR count). The second-order valence-corrected chi connectivity index (χ2v) is 5.38. The summed E-state index contributed by atoms with van der Waals surface area (Å²) in [6, 6.07) is 2.10. The van der Waals surface area contributed by atoms with Crippen LogP contribution in [0.25, 0.3) is 0 Å². The summed E-state index contributed by atoms with van der Waals surface area (Å²) in [5.41, 5.74) is 5.67. The van der Waals surface area contributed by atoms with Gasteiger partial charge in [-0.15, -0.1) is 23.7 Å². The molecule has 102 valence electrons. The molecule has 2 heterocycles. The van der Waals surface area contributed by atoms with Crippen molar-refractivity contribution in [2.75, 3.05) is 20.2 Å². The zero-order valence-electron chi connectivity index (χ0n) is 10.6. The van der Waals surface area contributed by atoms with Gasteiger partial charge < -0.3 is 15.4 Å². The van der Waals surface area contributed by atoms with E-state index in [1.165, 1.54) is 11.3 Å². The number of carbonyl (C=O) groups is 1. The molecule has 6 heteroatoms. The van der Waals surface area contributed by atoms with Gasteiger partial charge in [-0.05, 0) is 37.3 Å². The minimum atomic E-state index is 0. The molecule has 1 aromatic heterocycles. The fourth-order valence-electron chi connectivity index (χ4n) is 2.34. The van der Waals surface area contributed by atoms with Gasteiger partial charge in [-0.2, -0.15) is 0 Å². The van der Waals surface area contributed by atoms with Gasteiger partial charge in [0.1, 0.15) is 10.6 Å². The lowest BCUT2D eigenvalue weighted by Crippen LogP contribution is -2.34. The Bertz CT molecular complexity index is 411. The van der Waals surface area contributed by atoms with Crippen molar-refractivity contribution in [1.29, 1.82) is 0 Å². The highest BCUT2D eigenvalue weighted by Crippen LogP contribution is 2.30. The maximum atomic E-state index is 12.4. The number of likely N-dealkylation sites (tertiary alicyclic amines) is 1. The van der Waals surface area contributed by atoms with E-state index in [0.29, 0.717) is 23.1 Å². The van der Waals surface area contributed by atoms with E-state index in [-0.39, 0.29) is 24.4 Å². The van der Waals surface area contributed by atoms with Crippen LogP contribution in [0.4, 0.5) is 0 Å². The number of carbonyl (C=O) groups excluding carboxylic acids is 1. The molecule has 2 atom stereocenters. The fraction of sp³-hybridized carbons (Fsp3) is 0.583. The van der Waals surface area contributed by atoms with Crippen LogP contribution in [0.15, 0.2) is 11.4 Å². The van der Waals surface area contributed by atoms with Gasteiger partial charge in [-0.3, -0.25) is 4.79 Å². The molecule has 0 spiro atoms. The van der Waals surface area contributed by atoms with Crippen LogP contribution >= 0.6 is 23.7 Å². The molecule has 1 fully saturated rings. The second kappa shape index (κ2) is 6.41. The lowest BCUT2D eigenvalue weighted by molar-refractivity contribution is 0.0745. The van der Waals surface area contributed by atoms with Crippen molar-refractivity contribution in [1.82, 2.24) is 4.90 Å². The normalized spacial score (nSPS) is 22.7. The van der Waals surface area contributed by atoms with Crippen molar-refractivity contribution < 1.29 is 9.53 Å². The number of ether oxygens (including phenoxy) is 1. The van der Waals surface area contributed by atoms with E-state index in [9.17, 15) is 4.79 Å². The van der Waals surface area contributed by atoms with Crippen LogP contribution in [0.2, 0.25) is 0 Å². The summed E-state index contributed by atoms with van der Waals surface area (Å²) < 4.78 is 5.19. The van der Waals surface area contributed by atoms with E-state index in [0.717, 1.165) is 13.0 Å². The van der Waals surface area contributed by atoms with Gasteiger partial charge in [0.25, 0.3) is 5.91 Å². The Morgan fingerprint density at radius 2 is 2.39 bits per heavy atom. The SMILES string of the molecule is COc1ccsc1C(=O)N1CC(CN)CC1C.Cl. The number of rotatable bonds is 3. The van der Waals surface area contributed by atoms with Crippen LogP contribution in [0.3, 0.4) is 0 Å². The molecule has 1 aromatic rings. The predicted molar refractivity (Wildman–Crippen MR) is 75.8 cm³/mol. The molecule has 0 aliphatic carbocycles. The first-order valence-corrected chi connectivity index (χ1v) is 6.67. The summed E-state index contributed by atoms with van der Waals surface area (Å²) in [4.78, 5) is 15.0. The Kier molecular flexibility index (Phi) is 5.44. The van der Waals surface area contributed by atoms with Gasteiger partial charge in [0, 0.05) is 12.6 Å². The van der Waals surface area contributed by atoms with Gasteiger partial charge in [0.15, 0.2) is 0 Å². The number of thiophene rings is 1. The minimum Gasteiger partial charge on any atom is -0.495 e. The molecule has 0 aromatic carbocycles. The summed E-state index contributed by atoms with van der Waals surface area (Å²) in [6.07, 6.45) is 0.996. The molecule has 0 radical (unpaired) electrons. The lowest BCUT2D eigenvalue weighted by Gasteiger charge is -2.21. The second-order valence-electron chi connectivity index (χ2n) is 4.46. The number of hydrogen-bond donors (Lipinski definition) is 1. The van der Waals surface area contributed by atoms with E-state index >= 15 is 0 Å². The Morgan fingerprint density at radius 3 is 2.94 bits per heavy atom. The largest absolute Gasteiger partial charge is 0.495 e. The first-order chi connectivity index (χ1) is 8.17. The van der Waals surface area contributed by atoms with Gasteiger partial charge in [-0.1, -0.05) is 0 Å². The highest BCUT2D eigenvalue weighted by molar-refractivity contribution is 7.12. The van der Waals surface area contributed by atoms with Gasteiger partial charge >= 0.3 is 0 Å². The summed E-state index contributed by atoms with van der Waals surface area (Å²) in [5.74, 6) is 1.17. The van der Waals surface area contributed by atoms with Crippen molar-refractivity contribution in [3.05, 3.63) is 16.3 Å². The minimum absolute atomic E-state index is 0. The lowest BCUT2D eigenvalue weighted by atomic mass is 10.1. The predicted octanol–water partition coefficient (Wildman–Crippen LogP) is 1.99. The summed E-state index contributed by atoms with van der Waals surface area (Å²) in [7, 11) is 1.59. The van der Waals surface area contributed by atoms with E-state index in [1.807, 2.05) is 16.3 Å². The molecule has 2 unspecified atom stereocenters. The Balaban J connectivity index is 0.00000162. The van der Waals surface area contributed by atoms with E-state index < -0.39 is 0 Å². The quantitative estimate of drug-likeness (QED) is 0.926. The van der Waals surface area contributed by atoms with Crippen molar-refractivity contribution in [3.63, 3.8) is 0 Å². The van der Waals surface area contributed by atoms with E-state index in [1.54, 1.807) is 7.11 Å². The molecule has 4 nitrogen and oxygen atoms in total. The number of hydrogen-bond acceptors (Lipinski definition) is 4. The zero-order valence-corrected chi connectivity index (χ0v) is 12.2. The molecular weight excluding hydrogens is 272 g/mol. The summed E-state index contributed by atoms with van der Waals surface area (Å²) >= 11 is 1.43. The molecule has 0 saturated carbocycles. The van der Waals surface area contributed by atoms with Crippen molar-refractivity contribution in [2.24, 2.45) is 11.7 Å². The molecular formula is C12H19ClN2O2S. The maximum Gasteiger partial charge on any atom is 0.267 e. The number of methoxy groups -OCH3 is 1. The summed E-state index contributed by atoms with van der Waals surface area (Å²) in [5, 5.41) is 1.88. The number of halogens is 1. The Morgan fingerprint density at radius 1 is 1.67 bits per heavy atom. The highest BCUT2D eigenvalue weighted by atomic mass is 35.5. The smallest absolute Gasteiger partial charge is 0.267 e. The molecule has 2 N–H and O–H groups in total. The molecule has 1 amide bonds. The highest BCUT2D eigenvalue weighted by Gasteiger charge is 2.33. The molecule has 18 heavy (non-hydrogen) atoms. The number of nitrogens with zero attached hydrogens (tertiary/aromatic N) is 1. The van der Waals surface area contributed by atoms with Crippen LogP contribution in [0.1, 0.15) is 23.0 Å². The average molecular weight is 291 g/mol. The number of amides is 1. The third-order valence-corrected chi connectivity index (χ3v) is 4.18. The van der Waals surface area contributed by atoms with Gasteiger partial charge in [0.05, 0.1) is 7.11 Å². The fourth-order valence-corrected chi connectivity index (χ4v) is 3.15. The van der Waals surface area contributed by atoms with Crippen LogP contribution in [-0.4, -0.2) is 37.0 Å². The van der Waals surface area contributed by atoms with Crippen molar-refractivity contribution in [2.45, 2.75) is 19.4 Å². The average Bonchev–Trinajstić information content (AvgIpc) is 2.93. The zero-order chi connectivity index (χ0) is 12.4. The third kappa shape index (κ3) is 2.79. The van der Waals surface area contributed by atoms with Crippen LogP contribution in [0.5, 0.6) is 5.75 Å². The van der Waals surface area contributed by atoms with Crippen molar-refractivity contribution in [3.8, 4) is 5.75 Å². The van der Waals surface area contributed by atoms with Gasteiger partial charge in [-0.25, -0.2) is 0 Å². The molecule has 1 aliphatic rings. The maximum absolute atomic E-state index is 12.4. The van der Waals surface area contributed by atoms with Crippen LogP contribution in [0, 0.1) is 5.92 Å². The van der Waals surface area contributed by atoms with Crippen molar-refractivity contribution >= 4 is 29.7 Å². The molecule has 0 bridgehead atoms. The molecule has 1 aliphatic heterocycles. The van der Waals surface area contributed by atoms with Gasteiger partial charge in [0.2, 0.25) is 0 Å². The Hall–Kier alpha value is -0.780. The monoisotopic (exact) mass is 290 g/mol. The molecule has 1 saturated heterocycles. The first kappa shape index (κ1) is 15.3. The van der Waals surface area contributed by atoms with Crippen LogP contribution < -0.4 is 10.5 Å². The van der Waals surface area contributed by atoms with Crippen LogP contribution in [-0.2, 0) is 0 Å². The number of nitrogens with two attached hydrogens (primary N) is 1.